The van der Waals surface area contributed by atoms with Crippen LogP contribution < -0.4 is 9.47 Å². The SMILES string of the molecule is Cc1cc(-c2ccccc2OCCCOc2ccccc2-c2cc(C)cc(-c3c4ccccc4cc4ccccc34)c2O)c(O)c(-c2c3ccccc3cc3ccccc23)c1. The van der Waals surface area contributed by atoms with E-state index in [1.807, 2.05) is 60.7 Å². The maximum atomic E-state index is 12.1. The number of benzene rings is 10. The summed E-state index contributed by atoms with van der Waals surface area (Å²) >= 11 is 0. The van der Waals surface area contributed by atoms with Crippen LogP contribution in [-0.4, -0.2) is 23.4 Å². The number of para-hydroxylation sites is 2. The van der Waals surface area contributed by atoms with E-state index < -0.39 is 0 Å². The van der Waals surface area contributed by atoms with Crippen molar-refractivity contribution in [2.45, 2.75) is 20.3 Å². The average Bonchev–Trinajstić information content (AvgIpc) is 3.29. The molecule has 61 heavy (non-hydrogen) atoms. The van der Waals surface area contributed by atoms with Gasteiger partial charge in [0.05, 0.1) is 13.2 Å². The first-order valence-electron chi connectivity index (χ1n) is 20.9. The van der Waals surface area contributed by atoms with E-state index in [0.29, 0.717) is 31.1 Å². The predicted molar refractivity (Wildman–Crippen MR) is 253 cm³/mol. The van der Waals surface area contributed by atoms with Crippen molar-refractivity contribution in [3.05, 3.63) is 193 Å². The van der Waals surface area contributed by atoms with Gasteiger partial charge in [0, 0.05) is 50.9 Å². The molecule has 0 radical (unpaired) electrons. The molecule has 0 aliphatic heterocycles. The Labute approximate surface area is 355 Å². The van der Waals surface area contributed by atoms with Gasteiger partial charge in [-0.2, -0.15) is 0 Å². The van der Waals surface area contributed by atoms with Gasteiger partial charge in [-0.05, 0) is 117 Å². The highest BCUT2D eigenvalue weighted by molar-refractivity contribution is 6.15. The molecule has 0 heterocycles. The molecule has 4 heteroatoms. The lowest BCUT2D eigenvalue weighted by Gasteiger charge is -2.19. The zero-order valence-electron chi connectivity index (χ0n) is 34.2. The Balaban J connectivity index is 0.914. The Kier molecular flexibility index (Phi) is 9.82. The van der Waals surface area contributed by atoms with Crippen molar-refractivity contribution in [2.24, 2.45) is 0 Å². The van der Waals surface area contributed by atoms with Crippen LogP contribution in [0.25, 0.3) is 87.6 Å². The molecule has 296 valence electrons. The van der Waals surface area contributed by atoms with Crippen molar-refractivity contribution in [2.75, 3.05) is 13.2 Å². The second-order valence-corrected chi connectivity index (χ2v) is 15.8. The largest absolute Gasteiger partial charge is 0.507 e. The van der Waals surface area contributed by atoms with Crippen LogP contribution in [0.15, 0.2) is 182 Å². The quantitative estimate of drug-likeness (QED) is 0.107. The van der Waals surface area contributed by atoms with Gasteiger partial charge in [-0.3, -0.25) is 0 Å². The summed E-state index contributed by atoms with van der Waals surface area (Å²) in [6.07, 6.45) is 0.614. The van der Waals surface area contributed by atoms with E-state index in [4.69, 9.17) is 9.47 Å². The number of aromatic hydroxyl groups is 2. The summed E-state index contributed by atoms with van der Waals surface area (Å²) in [4.78, 5) is 0. The number of phenolic OH excluding ortho intramolecular Hbond substituents is 2. The van der Waals surface area contributed by atoms with Crippen molar-refractivity contribution >= 4 is 43.1 Å². The molecule has 0 aromatic heterocycles. The molecular formula is C57H44O4. The second-order valence-electron chi connectivity index (χ2n) is 15.8. The van der Waals surface area contributed by atoms with E-state index in [0.717, 1.165) is 98.7 Å². The molecule has 0 spiro atoms. The van der Waals surface area contributed by atoms with Gasteiger partial charge in [0.25, 0.3) is 0 Å². The Morgan fingerprint density at radius 3 is 1.03 bits per heavy atom. The van der Waals surface area contributed by atoms with Gasteiger partial charge in [-0.25, -0.2) is 0 Å². The molecule has 0 bridgehead atoms. The van der Waals surface area contributed by atoms with Crippen LogP contribution >= 0.6 is 0 Å². The minimum Gasteiger partial charge on any atom is -0.507 e. The molecule has 0 unspecified atom stereocenters. The lowest BCUT2D eigenvalue weighted by molar-refractivity contribution is 0.248. The van der Waals surface area contributed by atoms with Gasteiger partial charge in [-0.1, -0.05) is 133 Å². The highest BCUT2D eigenvalue weighted by atomic mass is 16.5. The van der Waals surface area contributed by atoms with E-state index in [2.05, 4.69) is 135 Å². The van der Waals surface area contributed by atoms with Gasteiger partial charge in [0.2, 0.25) is 0 Å². The molecule has 0 amide bonds. The monoisotopic (exact) mass is 792 g/mol. The van der Waals surface area contributed by atoms with Crippen molar-refractivity contribution in [1.82, 2.24) is 0 Å². The third-order valence-electron chi connectivity index (χ3n) is 11.7. The summed E-state index contributed by atoms with van der Waals surface area (Å²) in [6.45, 7) is 4.95. The molecule has 0 saturated heterocycles. The lowest BCUT2D eigenvalue weighted by Crippen LogP contribution is -2.06. The minimum absolute atomic E-state index is 0.222. The molecule has 0 aliphatic carbocycles. The highest BCUT2D eigenvalue weighted by Crippen LogP contribution is 2.48. The minimum atomic E-state index is 0.222. The van der Waals surface area contributed by atoms with Gasteiger partial charge in [0.15, 0.2) is 0 Å². The fraction of sp³-hybridized carbons (Fsp3) is 0.0877. The van der Waals surface area contributed by atoms with Crippen molar-refractivity contribution < 1.29 is 19.7 Å². The predicted octanol–water partition coefficient (Wildman–Crippen LogP) is 14.8. The van der Waals surface area contributed by atoms with E-state index in [9.17, 15) is 10.2 Å². The number of ether oxygens (including phenoxy) is 2. The van der Waals surface area contributed by atoms with E-state index in [1.54, 1.807) is 0 Å². The summed E-state index contributed by atoms with van der Waals surface area (Å²) in [5.74, 6) is 1.82. The number of rotatable bonds is 10. The van der Waals surface area contributed by atoms with Crippen LogP contribution in [0.3, 0.4) is 0 Å². The standard InChI is InChI=1S/C57H44O4/c1-36-30-48(56(58)50(32-36)54-42-20-7-3-16-38(42)34-39-17-4-8-21-43(39)54)46-24-11-13-26-52(46)60-28-15-29-61-53-27-14-12-25-47(53)49-31-37(2)33-51(57(49)59)55-44-22-9-5-18-40(44)35-41-19-6-10-23-45(41)55/h3-14,16-27,30-35,58-59H,15,28-29H2,1-2H3. The number of hydrogen-bond acceptors (Lipinski definition) is 4. The number of fused-ring (bicyclic) bond motifs is 4. The maximum absolute atomic E-state index is 12.1. The molecule has 2 N–H and O–H groups in total. The van der Waals surface area contributed by atoms with Crippen LogP contribution in [0, 0.1) is 13.8 Å². The van der Waals surface area contributed by atoms with Crippen LogP contribution in [0.4, 0.5) is 0 Å². The van der Waals surface area contributed by atoms with Crippen LogP contribution in [-0.2, 0) is 0 Å². The number of hydrogen-bond donors (Lipinski definition) is 2. The third kappa shape index (κ3) is 6.96. The van der Waals surface area contributed by atoms with Gasteiger partial charge >= 0.3 is 0 Å². The summed E-state index contributed by atoms with van der Waals surface area (Å²) in [7, 11) is 0. The second kappa shape index (κ2) is 15.9. The molecule has 10 rings (SSSR count). The summed E-state index contributed by atoms with van der Waals surface area (Å²) in [6, 6.07) is 61.9. The van der Waals surface area contributed by atoms with Gasteiger partial charge in [0.1, 0.15) is 23.0 Å². The first-order chi connectivity index (χ1) is 29.9. The van der Waals surface area contributed by atoms with Crippen molar-refractivity contribution in [1.29, 1.82) is 0 Å². The molecular weight excluding hydrogens is 749 g/mol. The smallest absolute Gasteiger partial charge is 0.131 e. The molecule has 0 atom stereocenters. The summed E-state index contributed by atoms with van der Waals surface area (Å²) in [5.41, 5.74) is 8.80. The normalized spacial score (nSPS) is 11.4. The van der Waals surface area contributed by atoms with Gasteiger partial charge in [-0.15, -0.1) is 0 Å². The number of phenols is 2. The zero-order chi connectivity index (χ0) is 41.5. The van der Waals surface area contributed by atoms with E-state index in [-0.39, 0.29) is 11.5 Å². The Morgan fingerprint density at radius 1 is 0.344 bits per heavy atom. The highest BCUT2D eigenvalue weighted by Gasteiger charge is 2.21. The Hall–Kier alpha value is -7.56. The molecule has 10 aromatic carbocycles. The van der Waals surface area contributed by atoms with Crippen LogP contribution in [0.2, 0.25) is 0 Å². The van der Waals surface area contributed by atoms with E-state index in [1.165, 1.54) is 0 Å². The molecule has 10 aromatic rings. The Morgan fingerprint density at radius 2 is 0.656 bits per heavy atom. The summed E-state index contributed by atoms with van der Waals surface area (Å²) < 4.78 is 12.9. The van der Waals surface area contributed by atoms with Crippen molar-refractivity contribution in [3.63, 3.8) is 0 Å². The maximum Gasteiger partial charge on any atom is 0.131 e. The molecule has 4 nitrogen and oxygen atoms in total. The van der Waals surface area contributed by atoms with E-state index >= 15 is 0 Å². The average molecular weight is 793 g/mol. The molecule has 0 aliphatic rings. The molecule has 0 saturated carbocycles. The topological polar surface area (TPSA) is 58.9 Å². The first-order valence-corrected chi connectivity index (χ1v) is 20.9. The Bertz CT molecular complexity index is 2960. The molecule has 0 fully saturated rings. The first kappa shape index (κ1) is 37.7. The lowest BCUT2D eigenvalue weighted by atomic mass is 9.88. The number of aryl methyl sites for hydroxylation is 2. The summed E-state index contributed by atoms with van der Waals surface area (Å²) in [5, 5.41) is 33.2. The zero-order valence-corrected chi connectivity index (χ0v) is 34.2. The third-order valence-corrected chi connectivity index (χ3v) is 11.7. The fourth-order valence-corrected chi connectivity index (χ4v) is 9.01. The van der Waals surface area contributed by atoms with Crippen molar-refractivity contribution in [3.8, 4) is 67.5 Å². The van der Waals surface area contributed by atoms with Crippen LogP contribution in [0.1, 0.15) is 17.5 Å². The van der Waals surface area contributed by atoms with Crippen LogP contribution in [0.5, 0.6) is 23.0 Å². The fourth-order valence-electron chi connectivity index (χ4n) is 9.01. The van der Waals surface area contributed by atoms with Gasteiger partial charge < -0.3 is 19.7 Å².